The van der Waals surface area contributed by atoms with E-state index in [2.05, 4.69) is 5.32 Å². The van der Waals surface area contributed by atoms with Crippen molar-refractivity contribution in [2.75, 3.05) is 6.54 Å². The normalized spacial score (nSPS) is 19.2. The molecule has 0 aliphatic heterocycles. The molecule has 0 radical (unpaired) electrons. The maximum atomic E-state index is 11.6. The van der Waals surface area contributed by atoms with E-state index in [1.54, 1.807) is 0 Å². The summed E-state index contributed by atoms with van der Waals surface area (Å²) in [6.45, 7) is 2.25. The van der Waals surface area contributed by atoms with Crippen LogP contribution in [0.2, 0.25) is 0 Å². The molecule has 0 heterocycles. The molecule has 17 heavy (non-hydrogen) atoms. The van der Waals surface area contributed by atoms with E-state index in [0.29, 0.717) is 19.3 Å². The molecule has 0 spiro atoms. The van der Waals surface area contributed by atoms with E-state index in [1.165, 1.54) is 0 Å². The van der Waals surface area contributed by atoms with Crippen molar-refractivity contribution < 1.29 is 14.7 Å². The minimum absolute atomic E-state index is 0.209. The molecule has 1 rings (SSSR count). The third kappa shape index (κ3) is 3.43. The van der Waals surface area contributed by atoms with Crippen molar-refractivity contribution in [2.45, 2.75) is 51.5 Å². The summed E-state index contributed by atoms with van der Waals surface area (Å²) in [5.41, 5.74) is 4.97. The molecule has 0 aromatic rings. The van der Waals surface area contributed by atoms with Crippen LogP contribution in [0.4, 0.5) is 0 Å². The van der Waals surface area contributed by atoms with Gasteiger partial charge < -0.3 is 16.2 Å². The van der Waals surface area contributed by atoms with Crippen molar-refractivity contribution in [3.8, 4) is 0 Å². The summed E-state index contributed by atoms with van der Waals surface area (Å²) in [7, 11) is 0. The number of carboxylic acid groups (broad SMARTS) is 1. The van der Waals surface area contributed by atoms with Gasteiger partial charge in [-0.2, -0.15) is 0 Å². The Balaban J connectivity index is 2.34. The molecule has 1 atom stereocenters. The fourth-order valence-corrected chi connectivity index (χ4v) is 2.01. The Morgan fingerprint density at radius 1 is 1.47 bits per heavy atom. The Kier molecular flexibility index (Phi) is 4.93. The number of carbonyl (C=O) groups is 2. The van der Waals surface area contributed by atoms with Crippen molar-refractivity contribution in [1.82, 2.24) is 5.32 Å². The Morgan fingerprint density at radius 2 is 2.12 bits per heavy atom. The van der Waals surface area contributed by atoms with Crippen LogP contribution in [0.5, 0.6) is 0 Å². The minimum atomic E-state index is -0.814. The maximum absolute atomic E-state index is 11.6. The van der Waals surface area contributed by atoms with Gasteiger partial charge in [0.1, 0.15) is 0 Å². The molecule has 0 aromatic carbocycles. The van der Waals surface area contributed by atoms with Gasteiger partial charge in [-0.15, -0.1) is 0 Å². The van der Waals surface area contributed by atoms with Gasteiger partial charge >= 0.3 is 5.97 Å². The smallest absolute Gasteiger partial charge is 0.311 e. The zero-order valence-electron chi connectivity index (χ0n) is 10.4. The van der Waals surface area contributed by atoms with E-state index in [9.17, 15) is 9.59 Å². The molecule has 5 heteroatoms. The molecule has 0 bridgehead atoms. The number of unbranched alkanes of at least 4 members (excludes halogenated alkanes) is 1. The van der Waals surface area contributed by atoms with Gasteiger partial charge in [0.05, 0.1) is 11.5 Å². The zero-order chi connectivity index (χ0) is 12.9. The first kappa shape index (κ1) is 14.0. The second-order valence-electron chi connectivity index (χ2n) is 4.91. The van der Waals surface area contributed by atoms with E-state index in [-0.39, 0.29) is 12.5 Å². The first-order valence-electron chi connectivity index (χ1n) is 6.28. The van der Waals surface area contributed by atoms with E-state index in [0.717, 1.165) is 19.3 Å². The fourth-order valence-electron chi connectivity index (χ4n) is 2.01. The quantitative estimate of drug-likeness (QED) is 0.617. The van der Waals surface area contributed by atoms with E-state index < -0.39 is 17.4 Å². The van der Waals surface area contributed by atoms with Crippen LogP contribution in [0.25, 0.3) is 0 Å². The van der Waals surface area contributed by atoms with Crippen LogP contribution in [-0.4, -0.2) is 29.6 Å². The van der Waals surface area contributed by atoms with Crippen LogP contribution in [0.15, 0.2) is 0 Å². The number of rotatable bonds is 7. The lowest BCUT2D eigenvalue weighted by Gasteiger charge is -2.37. The molecule has 1 aliphatic rings. The largest absolute Gasteiger partial charge is 0.481 e. The fraction of sp³-hybridized carbons (Fsp3) is 0.833. The number of nitrogens with one attached hydrogen (secondary N) is 1. The van der Waals surface area contributed by atoms with Crippen molar-refractivity contribution >= 4 is 11.9 Å². The van der Waals surface area contributed by atoms with Gasteiger partial charge in [0.2, 0.25) is 5.91 Å². The molecular weight excluding hydrogens is 220 g/mol. The monoisotopic (exact) mass is 242 g/mol. The van der Waals surface area contributed by atoms with Crippen molar-refractivity contribution in [3.63, 3.8) is 0 Å². The second kappa shape index (κ2) is 6.00. The Bertz CT molecular complexity index is 287. The average molecular weight is 242 g/mol. The van der Waals surface area contributed by atoms with E-state index in [1.807, 2.05) is 6.92 Å². The zero-order valence-corrected chi connectivity index (χ0v) is 10.4. The number of hydrogen-bond acceptors (Lipinski definition) is 3. The summed E-state index contributed by atoms with van der Waals surface area (Å²) in [5, 5.41) is 11.8. The lowest BCUT2D eigenvalue weighted by atomic mass is 9.69. The van der Waals surface area contributed by atoms with Crippen molar-refractivity contribution in [3.05, 3.63) is 0 Å². The van der Waals surface area contributed by atoms with Crippen molar-refractivity contribution in [2.24, 2.45) is 11.1 Å². The number of carboxylic acids is 1. The van der Waals surface area contributed by atoms with Crippen LogP contribution >= 0.6 is 0 Å². The van der Waals surface area contributed by atoms with Crippen LogP contribution in [0.3, 0.4) is 0 Å². The number of aliphatic carboxylic acids is 1. The predicted molar refractivity (Wildman–Crippen MR) is 64.4 cm³/mol. The molecule has 1 saturated carbocycles. The van der Waals surface area contributed by atoms with Gasteiger partial charge in [0, 0.05) is 6.54 Å². The van der Waals surface area contributed by atoms with Gasteiger partial charge in [0.15, 0.2) is 0 Å². The number of hydrogen-bond donors (Lipinski definition) is 3. The second-order valence-corrected chi connectivity index (χ2v) is 4.91. The Labute approximate surface area is 102 Å². The molecule has 4 N–H and O–H groups in total. The molecule has 98 valence electrons. The standard InChI is InChI=1S/C12H22N2O3/c1-2-3-5-9(13)10(15)14-8-12(11(16)17)6-4-7-12/h9H,2-8,13H2,1H3,(H,14,15)(H,16,17). The van der Waals surface area contributed by atoms with Crippen LogP contribution in [-0.2, 0) is 9.59 Å². The predicted octanol–water partition coefficient (Wildman–Crippen LogP) is 0.875. The first-order chi connectivity index (χ1) is 8.02. The van der Waals surface area contributed by atoms with Gasteiger partial charge in [-0.25, -0.2) is 0 Å². The average Bonchev–Trinajstić information content (AvgIpc) is 2.23. The Hall–Kier alpha value is -1.10. The van der Waals surface area contributed by atoms with Crippen LogP contribution < -0.4 is 11.1 Å². The van der Waals surface area contributed by atoms with Crippen LogP contribution in [0.1, 0.15) is 45.4 Å². The summed E-state index contributed by atoms with van der Waals surface area (Å²) in [5.74, 6) is -1.04. The van der Waals surface area contributed by atoms with Gasteiger partial charge in [-0.1, -0.05) is 26.2 Å². The highest BCUT2D eigenvalue weighted by Crippen LogP contribution is 2.40. The summed E-state index contributed by atoms with van der Waals surface area (Å²) in [6, 6.07) is -0.513. The van der Waals surface area contributed by atoms with E-state index in [4.69, 9.17) is 10.8 Å². The first-order valence-corrected chi connectivity index (χ1v) is 6.28. The Morgan fingerprint density at radius 3 is 2.53 bits per heavy atom. The topological polar surface area (TPSA) is 92.4 Å². The van der Waals surface area contributed by atoms with Gasteiger partial charge in [-0.3, -0.25) is 9.59 Å². The third-order valence-corrected chi connectivity index (χ3v) is 3.57. The number of carbonyl (C=O) groups excluding carboxylic acids is 1. The highest BCUT2D eigenvalue weighted by Gasteiger charge is 2.44. The summed E-state index contributed by atoms with van der Waals surface area (Å²) >= 11 is 0. The minimum Gasteiger partial charge on any atom is -0.481 e. The highest BCUT2D eigenvalue weighted by molar-refractivity contribution is 5.83. The lowest BCUT2D eigenvalue weighted by molar-refractivity contribution is -0.154. The molecule has 0 saturated heterocycles. The molecule has 1 unspecified atom stereocenters. The molecule has 1 fully saturated rings. The summed E-state index contributed by atoms with van der Waals surface area (Å²) in [4.78, 5) is 22.7. The summed E-state index contributed by atoms with van der Waals surface area (Å²) < 4.78 is 0. The lowest BCUT2D eigenvalue weighted by Crippen LogP contribution is -2.50. The molecule has 1 amide bonds. The van der Waals surface area contributed by atoms with Crippen LogP contribution in [0, 0.1) is 5.41 Å². The maximum Gasteiger partial charge on any atom is 0.311 e. The molecule has 5 nitrogen and oxygen atoms in total. The highest BCUT2D eigenvalue weighted by atomic mass is 16.4. The van der Waals surface area contributed by atoms with E-state index >= 15 is 0 Å². The van der Waals surface area contributed by atoms with Gasteiger partial charge in [-0.05, 0) is 19.3 Å². The number of nitrogens with two attached hydrogens (primary N) is 1. The molecule has 0 aromatic heterocycles. The van der Waals surface area contributed by atoms with Crippen molar-refractivity contribution in [1.29, 1.82) is 0 Å². The van der Waals surface area contributed by atoms with Gasteiger partial charge in [0.25, 0.3) is 0 Å². The number of amides is 1. The SMILES string of the molecule is CCCCC(N)C(=O)NCC1(C(=O)O)CCC1. The molecular formula is C12H22N2O3. The molecule has 1 aliphatic carbocycles. The summed E-state index contributed by atoms with van der Waals surface area (Å²) in [6.07, 6.45) is 4.78. The third-order valence-electron chi connectivity index (χ3n) is 3.57.